The fourth-order valence-corrected chi connectivity index (χ4v) is 2.77. The summed E-state index contributed by atoms with van der Waals surface area (Å²) >= 11 is 3.34. The molecule has 1 unspecified atom stereocenters. The molecule has 3 heterocycles. The van der Waals surface area contributed by atoms with Crippen LogP contribution in [0.1, 0.15) is 5.56 Å². The Kier molecular flexibility index (Phi) is 8.17. The second-order valence-corrected chi connectivity index (χ2v) is 6.43. The molecule has 30 heavy (non-hydrogen) atoms. The molecular weight excluding hydrogens is 544 g/mol. The number of aromatic nitrogens is 4. The van der Waals surface area contributed by atoms with E-state index in [0.717, 1.165) is 21.2 Å². The molecule has 1 radical (unpaired) electrons. The van der Waals surface area contributed by atoms with Gasteiger partial charge >= 0.3 is 6.18 Å². The number of ether oxygens (including phenoxy) is 1. The van der Waals surface area contributed by atoms with Gasteiger partial charge in [0.05, 0.1) is 16.9 Å². The molecule has 8 nitrogen and oxygen atoms in total. The average molecular weight is 555 g/mol. The van der Waals surface area contributed by atoms with Crippen LogP contribution in [-0.4, -0.2) is 32.6 Å². The SMILES string of the molecule is N#CC1C[N-]c2cccc(Br)c2O1.[NH-]c1cnc(-n2nccn2)c(C(F)(F)F)c1.[Y]. The van der Waals surface area contributed by atoms with E-state index in [4.69, 9.17) is 15.7 Å². The zero-order valence-electron chi connectivity index (χ0n) is 15.0. The predicted molar refractivity (Wildman–Crippen MR) is 100 cm³/mol. The molecule has 1 aromatic carbocycles. The van der Waals surface area contributed by atoms with Crippen LogP contribution >= 0.6 is 15.9 Å². The first kappa shape index (κ1) is 24.0. The third kappa shape index (κ3) is 5.68. The van der Waals surface area contributed by atoms with Crippen molar-refractivity contribution in [3.63, 3.8) is 0 Å². The normalized spacial score (nSPS) is 14.6. The van der Waals surface area contributed by atoms with Gasteiger partial charge in [0, 0.05) is 38.9 Å². The van der Waals surface area contributed by atoms with E-state index in [9.17, 15) is 13.2 Å². The molecule has 0 fully saturated rings. The molecule has 1 aliphatic heterocycles. The Morgan fingerprint density at radius 1 is 1.30 bits per heavy atom. The van der Waals surface area contributed by atoms with Crippen LogP contribution in [0.5, 0.6) is 5.75 Å². The van der Waals surface area contributed by atoms with Gasteiger partial charge in [-0.1, -0.05) is 30.4 Å². The Labute approximate surface area is 202 Å². The average Bonchev–Trinajstić information content (AvgIpc) is 3.22. The van der Waals surface area contributed by atoms with Crippen molar-refractivity contribution in [2.75, 3.05) is 6.54 Å². The van der Waals surface area contributed by atoms with Crippen molar-refractivity contribution in [1.29, 1.82) is 5.26 Å². The molecule has 153 valence electrons. The standard InChI is InChI=1S/C9H6BrN2O.C8H5F3N5.Y/c10-7-2-1-3-8-9(7)13-6(4-11)5-12-8;9-8(10,11)6-3-5(12)4-13-7(6)16-14-1-2-15-16;/h1-3,6H,5H2;1-4,12H;/q2*-1;. The van der Waals surface area contributed by atoms with E-state index in [1.807, 2.05) is 24.3 Å². The summed E-state index contributed by atoms with van der Waals surface area (Å²) in [6.07, 6.45) is -1.54. The van der Waals surface area contributed by atoms with Crippen molar-refractivity contribution in [1.82, 2.24) is 20.0 Å². The van der Waals surface area contributed by atoms with E-state index >= 15 is 0 Å². The number of benzene rings is 1. The van der Waals surface area contributed by atoms with E-state index in [-0.39, 0.29) is 38.4 Å². The summed E-state index contributed by atoms with van der Waals surface area (Å²) in [4.78, 5) is 4.28. The Morgan fingerprint density at radius 2 is 2.00 bits per heavy atom. The third-order valence-corrected chi connectivity index (χ3v) is 4.18. The van der Waals surface area contributed by atoms with Crippen molar-refractivity contribution in [2.24, 2.45) is 0 Å². The predicted octanol–water partition coefficient (Wildman–Crippen LogP) is 5.10. The summed E-state index contributed by atoms with van der Waals surface area (Å²) in [5.41, 5.74) is 6.58. The van der Waals surface area contributed by atoms with Gasteiger partial charge in [-0.25, -0.2) is 4.98 Å². The second kappa shape index (κ2) is 10.2. The molecule has 0 spiro atoms. The van der Waals surface area contributed by atoms with Crippen LogP contribution in [0.3, 0.4) is 0 Å². The fraction of sp³-hybridized carbons (Fsp3) is 0.176. The number of para-hydroxylation sites is 1. The molecule has 4 rings (SSSR count). The Balaban J connectivity index is 0.000000211. The van der Waals surface area contributed by atoms with Crippen molar-refractivity contribution in [2.45, 2.75) is 12.3 Å². The van der Waals surface area contributed by atoms with Gasteiger partial charge < -0.3 is 15.8 Å². The number of halogens is 4. The first-order chi connectivity index (χ1) is 13.8. The molecule has 1 N–H and O–H groups in total. The Hall–Kier alpha value is -2.23. The van der Waals surface area contributed by atoms with Crippen LogP contribution in [0.15, 0.2) is 47.3 Å². The van der Waals surface area contributed by atoms with Crippen molar-refractivity contribution in [3.8, 4) is 17.6 Å². The van der Waals surface area contributed by atoms with Crippen molar-refractivity contribution >= 4 is 27.3 Å². The minimum Gasteiger partial charge on any atom is -0.697 e. The third-order valence-electron chi connectivity index (χ3n) is 3.56. The van der Waals surface area contributed by atoms with Gasteiger partial charge in [-0.05, 0) is 22.0 Å². The quantitative estimate of drug-likeness (QED) is 0.415. The van der Waals surface area contributed by atoms with E-state index in [1.165, 1.54) is 12.4 Å². The molecular formula is C17H11BrF3N7OY-2. The number of hydrogen-bond donors (Lipinski definition) is 0. The van der Waals surface area contributed by atoms with Crippen LogP contribution in [0.4, 0.5) is 24.5 Å². The summed E-state index contributed by atoms with van der Waals surface area (Å²) in [5.74, 6) is 0.230. The van der Waals surface area contributed by atoms with Gasteiger partial charge in [0.25, 0.3) is 0 Å². The minimum absolute atomic E-state index is 0. The van der Waals surface area contributed by atoms with Crippen LogP contribution < -0.4 is 4.74 Å². The zero-order valence-corrected chi connectivity index (χ0v) is 19.4. The first-order valence-electron chi connectivity index (χ1n) is 7.97. The maximum absolute atomic E-state index is 12.6. The van der Waals surface area contributed by atoms with Gasteiger partial charge in [0.2, 0.25) is 0 Å². The Morgan fingerprint density at radius 3 is 2.63 bits per heavy atom. The number of nitrogens with zero attached hydrogens (tertiary/aromatic N) is 6. The van der Waals surface area contributed by atoms with Crippen LogP contribution in [0.25, 0.3) is 16.9 Å². The van der Waals surface area contributed by atoms with Crippen molar-refractivity contribution < 1.29 is 50.6 Å². The van der Waals surface area contributed by atoms with Gasteiger partial charge in [-0.15, -0.1) is 10.5 Å². The molecule has 0 bridgehead atoms. The van der Waals surface area contributed by atoms with Crippen LogP contribution in [-0.2, 0) is 38.9 Å². The van der Waals surface area contributed by atoms with Gasteiger partial charge in [0.15, 0.2) is 11.9 Å². The molecule has 0 saturated heterocycles. The topological polar surface area (TPSA) is 115 Å². The van der Waals surface area contributed by atoms with E-state index in [1.54, 1.807) is 0 Å². The number of hydrogen-bond acceptors (Lipinski definition) is 5. The zero-order chi connectivity index (χ0) is 21.0. The maximum Gasteiger partial charge on any atom is 0.420 e. The minimum atomic E-state index is -4.59. The number of rotatable bonds is 1. The van der Waals surface area contributed by atoms with E-state index in [2.05, 4.69) is 36.4 Å². The smallest absolute Gasteiger partial charge is 0.420 e. The number of fused-ring (bicyclic) bond motifs is 1. The van der Waals surface area contributed by atoms with Gasteiger partial charge in [-0.3, -0.25) is 0 Å². The first-order valence-corrected chi connectivity index (χ1v) is 8.76. The van der Waals surface area contributed by atoms with Gasteiger partial charge in [0.1, 0.15) is 17.4 Å². The largest absolute Gasteiger partial charge is 0.697 e. The molecule has 1 aliphatic rings. The summed E-state index contributed by atoms with van der Waals surface area (Å²) in [6.45, 7) is 0.417. The van der Waals surface area contributed by atoms with Crippen LogP contribution in [0.2, 0.25) is 0 Å². The molecule has 1 atom stereocenters. The summed E-state index contributed by atoms with van der Waals surface area (Å²) in [6, 6.07) is 8.35. The molecule has 0 amide bonds. The number of alkyl halides is 3. The van der Waals surface area contributed by atoms with E-state index in [0.29, 0.717) is 18.4 Å². The maximum atomic E-state index is 12.6. The van der Waals surface area contributed by atoms with E-state index < -0.39 is 23.7 Å². The molecule has 0 aliphatic carbocycles. The monoisotopic (exact) mass is 554 g/mol. The molecule has 13 heteroatoms. The molecule has 2 aromatic heterocycles. The molecule has 3 aromatic rings. The van der Waals surface area contributed by atoms with Gasteiger partial charge in [-0.2, -0.15) is 28.6 Å². The summed E-state index contributed by atoms with van der Waals surface area (Å²) in [7, 11) is 0. The van der Waals surface area contributed by atoms with Crippen LogP contribution in [0, 0.1) is 11.3 Å². The number of pyridine rings is 1. The summed E-state index contributed by atoms with van der Waals surface area (Å²) < 4.78 is 44.1. The number of nitrogens with one attached hydrogen (secondary N) is 1. The fourth-order valence-electron chi connectivity index (χ4n) is 2.32. The summed E-state index contributed by atoms with van der Waals surface area (Å²) in [5, 5.41) is 20.0. The number of nitriles is 1. The van der Waals surface area contributed by atoms with Crippen molar-refractivity contribution in [3.05, 3.63) is 63.9 Å². The molecule has 0 saturated carbocycles. The Bertz CT molecular complexity index is 1040. The second-order valence-electron chi connectivity index (χ2n) is 5.58.